The van der Waals surface area contributed by atoms with E-state index in [0.717, 1.165) is 21.7 Å². The highest BCUT2D eigenvalue weighted by Gasteiger charge is 2.28. The van der Waals surface area contributed by atoms with Crippen LogP contribution in [0.3, 0.4) is 0 Å². The first-order valence-corrected chi connectivity index (χ1v) is 13.5. The highest BCUT2D eigenvalue weighted by atomic mass is 32.2. The molecule has 7 nitrogen and oxygen atoms in total. The number of aryl methyl sites for hydroxylation is 2. The number of sulfonamides is 1. The number of nitrogens with zero attached hydrogens (tertiary/aromatic N) is 2. The Labute approximate surface area is 203 Å². The smallest absolute Gasteiger partial charge is 0.312 e. The Balaban J connectivity index is 1.35. The predicted molar refractivity (Wildman–Crippen MR) is 133 cm³/mol. The van der Waals surface area contributed by atoms with Gasteiger partial charge in [0.05, 0.1) is 23.6 Å². The number of esters is 1. The molecule has 178 valence electrons. The molecule has 0 atom stereocenters. The van der Waals surface area contributed by atoms with Crippen LogP contribution in [-0.2, 0) is 32.4 Å². The number of benzene rings is 2. The molecule has 0 radical (unpaired) electrons. The molecule has 1 aliphatic rings. The summed E-state index contributed by atoms with van der Waals surface area (Å²) in [6.45, 7) is 5.67. The molecule has 2 heterocycles. The number of fused-ring (bicyclic) bond motifs is 1. The molecule has 0 unspecified atom stereocenters. The van der Waals surface area contributed by atoms with Crippen molar-refractivity contribution in [1.29, 1.82) is 0 Å². The number of anilines is 1. The van der Waals surface area contributed by atoms with Gasteiger partial charge < -0.3 is 4.74 Å². The van der Waals surface area contributed by atoms with Gasteiger partial charge in [0.1, 0.15) is 5.01 Å². The van der Waals surface area contributed by atoms with Gasteiger partial charge in [-0.2, -0.15) is 0 Å². The Morgan fingerprint density at radius 3 is 2.68 bits per heavy atom. The highest BCUT2D eigenvalue weighted by Crippen LogP contribution is 2.31. The summed E-state index contributed by atoms with van der Waals surface area (Å²) in [4.78, 5) is 29.4. The SMILES string of the molecule is CCS(=O)(=O)N1CCc2cc(C(=O)COC(=O)Cc3csc(-c4ccc(C)cc4C)n3)ccc21. The summed E-state index contributed by atoms with van der Waals surface area (Å²) in [5, 5.41) is 2.67. The summed E-state index contributed by atoms with van der Waals surface area (Å²) in [6, 6.07) is 11.1. The van der Waals surface area contributed by atoms with E-state index in [2.05, 4.69) is 11.1 Å². The Morgan fingerprint density at radius 1 is 1.15 bits per heavy atom. The van der Waals surface area contributed by atoms with Gasteiger partial charge >= 0.3 is 5.97 Å². The minimum absolute atomic E-state index is 0.0112. The van der Waals surface area contributed by atoms with Crippen LogP contribution in [0.4, 0.5) is 5.69 Å². The minimum atomic E-state index is -3.34. The van der Waals surface area contributed by atoms with E-state index >= 15 is 0 Å². The molecule has 1 aromatic heterocycles. The van der Waals surface area contributed by atoms with Crippen LogP contribution in [0.25, 0.3) is 10.6 Å². The molecule has 0 fully saturated rings. The summed E-state index contributed by atoms with van der Waals surface area (Å²) in [7, 11) is -3.34. The van der Waals surface area contributed by atoms with E-state index in [-0.39, 0.29) is 24.6 Å². The van der Waals surface area contributed by atoms with E-state index in [1.54, 1.807) is 25.1 Å². The van der Waals surface area contributed by atoms with Gasteiger partial charge in [-0.15, -0.1) is 11.3 Å². The van der Waals surface area contributed by atoms with Gasteiger partial charge in [0.15, 0.2) is 12.4 Å². The van der Waals surface area contributed by atoms with Gasteiger partial charge in [-0.1, -0.05) is 23.8 Å². The monoisotopic (exact) mass is 498 g/mol. The lowest BCUT2D eigenvalue weighted by atomic mass is 10.1. The van der Waals surface area contributed by atoms with Crippen molar-refractivity contribution < 1.29 is 22.7 Å². The summed E-state index contributed by atoms with van der Waals surface area (Å²) < 4.78 is 31.0. The predicted octanol–water partition coefficient (Wildman–Crippen LogP) is 4.11. The second-order valence-electron chi connectivity index (χ2n) is 8.29. The van der Waals surface area contributed by atoms with E-state index < -0.39 is 16.0 Å². The normalized spacial score (nSPS) is 13.1. The average molecular weight is 499 g/mol. The van der Waals surface area contributed by atoms with E-state index in [0.29, 0.717) is 29.9 Å². The lowest BCUT2D eigenvalue weighted by Gasteiger charge is -2.18. The van der Waals surface area contributed by atoms with Crippen LogP contribution < -0.4 is 4.31 Å². The van der Waals surface area contributed by atoms with Crippen LogP contribution in [-0.4, -0.2) is 44.1 Å². The molecule has 4 rings (SSSR count). The molecule has 0 bridgehead atoms. The Hall–Kier alpha value is -3.04. The fraction of sp³-hybridized carbons (Fsp3) is 0.320. The van der Waals surface area contributed by atoms with Crippen molar-refractivity contribution in [2.24, 2.45) is 0 Å². The number of carbonyl (C=O) groups excluding carboxylic acids is 2. The van der Waals surface area contributed by atoms with Crippen LogP contribution in [0, 0.1) is 13.8 Å². The standard InChI is InChI=1S/C25H26N2O5S2/c1-4-34(30,31)27-10-9-18-12-19(6-8-22(18)27)23(28)14-32-24(29)13-20-15-33-25(26-20)21-7-5-16(2)11-17(21)3/h5-8,11-12,15H,4,9-10,13-14H2,1-3H3. The second kappa shape index (κ2) is 9.68. The van der Waals surface area contributed by atoms with E-state index in [4.69, 9.17) is 4.74 Å². The Morgan fingerprint density at radius 2 is 1.94 bits per heavy atom. The number of rotatable bonds is 8. The van der Waals surface area contributed by atoms with Crippen molar-refractivity contribution in [3.05, 3.63) is 69.7 Å². The molecule has 0 spiro atoms. The zero-order valence-electron chi connectivity index (χ0n) is 19.3. The van der Waals surface area contributed by atoms with Gasteiger partial charge in [-0.05, 0) is 56.5 Å². The Bertz CT molecular complexity index is 1360. The number of Topliss-reactive ketones (excluding diaryl/α,β-unsaturated/α-hetero) is 1. The van der Waals surface area contributed by atoms with E-state index in [9.17, 15) is 18.0 Å². The average Bonchev–Trinajstić information content (AvgIpc) is 3.44. The van der Waals surface area contributed by atoms with Gasteiger partial charge in [0.2, 0.25) is 10.0 Å². The first-order valence-electron chi connectivity index (χ1n) is 11.0. The van der Waals surface area contributed by atoms with Crippen LogP contribution in [0.15, 0.2) is 41.8 Å². The van der Waals surface area contributed by atoms with Gasteiger partial charge in [-0.3, -0.25) is 13.9 Å². The van der Waals surface area contributed by atoms with Gasteiger partial charge in [0, 0.05) is 23.1 Å². The molecular formula is C25H26N2O5S2. The second-order valence-corrected chi connectivity index (χ2v) is 11.3. The Kier molecular flexibility index (Phi) is 6.86. The van der Waals surface area contributed by atoms with Crippen LogP contribution >= 0.6 is 11.3 Å². The van der Waals surface area contributed by atoms with E-state index in [1.807, 2.05) is 31.4 Å². The first-order chi connectivity index (χ1) is 16.2. The summed E-state index contributed by atoms with van der Waals surface area (Å²) in [5.74, 6) is -0.830. The third kappa shape index (κ3) is 5.05. The van der Waals surface area contributed by atoms with E-state index in [1.165, 1.54) is 21.2 Å². The van der Waals surface area contributed by atoms with Gasteiger partial charge in [-0.25, -0.2) is 13.4 Å². The third-order valence-corrected chi connectivity index (χ3v) is 8.51. The first kappa shape index (κ1) is 24.1. The zero-order chi connectivity index (χ0) is 24.5. The van der Waals surface area contributed by atoms with Crippen molar-refractivity contribution in [2.45, 2.75) is 33.6 Å². The quantitative estimate of drug-likeness (QED) is 0.343. The summed E-state index contributed by atoms with van der Waals surface area (Å²) in [5.41, 5.74) is 5.75. The molecule has 0 N–H and O–H groups in total. The maximum absolute atomic E-state index is 12.6. The maximum Gasteiger partial charge on any atom is 0.312 e. The fourth-order valence-corrected chi connectivity index (χ4v) is 6.05. The van der Waals surface area contributed by atoms with Crippen molar-refractivity contribution in [3.63, 3.8) is 0 Å². The fourth-order valence-electron chi connectivity index (χ4n) is 3.98. The lowest BCUT2D eigenvalue weighted by molar-refractivity contribution is -0.141. The van der Waals surface area contributed by atoms with Crippen LogP contribution in [0.1, 0.15) is 39.7 Å². The largest absolute Gasteiger partial charge is 0.457 e. The number of ether oxygens (including phenoxy) is 1. The highest BCUT2D eigenvalue weighted by molar-refractivity contribution is 7.92. The number of aromatic nitrogens is 1. The molecule has 0 saturated heterocycles. The topological polar surface area (TPSA) is 93.6 Å². The molecule has 1 aliphatic heterocycles. The molecular weight excluding hydrogens is 472 g/mol. The molecule has 0 aliphatic carbocycles. The maximum atomic E-state index is 12.6. The number of hydrogen-bond acceptors (Lipinski definition) is 7. The van der Waals surface area contributed by atoms with Crippen LogP contribution in [0.2, 0.25) is 0 Å². The lowest BCUT2D eigenvalue weighted by Crippen LogP contribution is -2.30. The minimum Gasteiger partial charge on any atom is -0.457 e. The third-order valence-electron chi connectivity index (χ3n) is 5.81. The number of ketones is 1. The van der Waals surface area contributed by atoms with Crippen molar-refractivity contribution in [3.8, 4) is 10.6 Å². The molecule has 2 aromatic carbocycles. The number of carbonyl (C=O) groups is 2. The molecule has 9 heteroatoms. The molecule has 0 saturated carbocycles. The number of hydrogen-bond donors (Lipinski definition) is 0. The number of thiazole rings is 1. The molecule has 0 amide bonds. The summed E-state index contributed by atoms with van der Waals surface area (Å²) in [6.07, 6.45) is 0.533. The van der Waals surface area contributed by atoms with Crippen molar-refractivity contribution >= 4 is 38.8 Å². The van der Waals surface area contributed by atoms with Crippen LogP contribution in [0.5, 0.6) is 0 Å². The molecule has 34 heavy (non-hydrogen) atoms. The van der Waals surface area contributed by atoms with Gasteiger partial charge in [0.25, 0.3) is 0 Å². The van der Waals surface area contributed by atoms with Crippen molar-refractivity contribution in [2.75, 3.05) is 23.2 Å². The summed E-state index contributed by atoms with van der Waals surface area (Å²) >= 11 is 1.47. The zero-order valence-corrected chi connectivity index (χ0v) is 21.0. The van der Waals surface area contributed by atoms with Crippen molar-refractivity contribution in [1.82, 2.24) is 4.98 Å². The molecule has 3 aromatic rings.